The lowest BCUT2D eigenvalue weighted by Crippen LogP contribution is -2.58. The van der Waals surface area contributed by atoms with Gasteiger partial charge in [0.05, 0.1) is 6.10 Å². The number of nitrogens with one attached hydrogen (secondary N) is 2. The Bertz CT molecular complexity index is 860. The molecular formula is C24H36N4O6. The van der Waals surface area contributed by atoms with Crippen molar-refractivity contribution < 1.29 is 29.4 Å². The lowest BCUT2D eigenvalue weighted by atomic mass is 10.00. The maximum atomic E-state index is 13.4. The number of benzene rings is 1. The fourth-order valence-electron chi connectivity index (χ4n) is 4.00. The van der Waals surface area contributed by atoms with E-state index in [0.29, 0.717) is 19.4 Å². The third-order valence-corrected chi connectivity index (χ3v) is 5.88. The third kappa shape index (κ3) is 7.53. The van der Waals surface area contributed by atoms with E-state index in [1.54, 1.807) is 0 Å². The van der Waals surface area contributed by atoms with Gasteiger partial charge in [0.25, 0.3) is 0 Å². The Balaban J connectivity index is 2.25. The van der Waals surface area contributed by atoms with Crippen molar-refractivity contribution in [1.82, 2.24) is 15.5 Å². The minimum atomic E-state index is -1.20. The van der Waals surface area contributed by atoms with Crippen LogP contribution in [0.2, 0.25) is 0 Å². The van der Waals surface area contributed by atoms with Gasteiger partial charge in [-0.05, 0) is 37.7 Å². The standard InChI is InChI=1S/C24H36N4O6/c1-14(2)12-17(26-22(31)20(25)15(3)29)21(30)27-18(13-16-8-5-4-6-9-16)23(32)28-11-7-10-19(28)24(33)34/h4-6,8-9,14-15,17-20,29H,7,10-13,25H2,1-3H3,(H,26,31)(H,27,30)(H,33,34). The maximum Gasteiger partial charge on any atom is 0.326 e. The number of nitrogens with zero attached hydrogens (tertiary/aromatic N) is 1. The van der Waals surface area contributed by atoms with Gasteiger partial charge in [0, 0.05) is 13.0 Å². The van der Waals surface area contributed by atoms with E-state index in [-0.39, 0.29) is 18.8 Å². The summed E-state index contributed by atoms with van der Waals surface area (Å²) >= 11 is 0. The van der Waals surface area contributed by atoms with E-state index in [1.807, 2.05) is 44.2 Å². The Morgan fingerprint density at radius 1 is 1.06 bits per heavy atom. The zero-order valence-corrected chi connectivity index (χ0v) is 19.9. The van der Waals surface area contributed by atoms with E-state index in [0.717, 1.165) is 5.56 Å². The van der Waals surface area contributed by atoms with Crippen molar-refractivity contribution in [2.75, 3.05) is 6.54 Å². The van der Waals surface area contributed by atoms with E-state index < -0.39 is 54.0 Å². The van der Waals surface area contributed by atoms with E-state index in [9.17, 15) is 29.4 Å². The Morgan fingerprint density at radius 2 is 1.68 bits per heavy atom. The second-order valence-corrected chi connectivity index (χ2v) is 9.24. The maximum absolute atomic E-state index is 13.4. The molecule has 188 valence electrons. The van der Waals surface area contributed by atoms with Crippen molar-refractivity contribution in [3.63, 3.8) is 0 Å². The zero-order chi connectivity index (χ0) is 25.4. The molecule has 0 bridgehead atoms. The second kappa shape index (κ2) is 12.5. The van der Waals surface area contributed by atoms with E-state index >= 15 is 0 Å². The van der Waals surface area contributed by atoms with Gasteiger partial charge in [-0.3, -0.25) is 14.4 Å². The number of hydrogen-bond donors (Lipinski definition) is 5. The number of carbonyl (C=O) groups excluding carboxylic acids is 3. The number of nitrogens with two attached hydrogens (primary N) is 1. The first kappa shape index (κ1) is 27.3. The molecule has 2 rings (SSSR count). The van der Waals surface area contributed by atoms with Gasteiger partial charge in [-0.1, -0.05) is 44.2 Å². The molecule has 1 aromatic carbocycles. The molecule has 34 heavy (non-hydrogen) atoms. The minimum absolute atomic E-state index is 0.0390. The first-order valence-electron chi connectivity index (χ1n) is 11.6. The summed E-state index contributed by atoms with van der Waals surface area (Å²) in [5, 5.41) is 24.4. The summed E-state index contributed by atoms with van der Waals surface area (Å²) < 4.78 is 0. The normalized spacial score (nSPS) is 19.2. The number of carboxylic acid groups (broad SMARTS) is 1. The molecule has 1 saturated heterocycles. The molecule has 5 unspecified atom stereocenters. The van der Waals surface area contributed by atoms with Crippen LogP contribution in [0.3, 0.4) is 0 Å². The summed E-state index contributed by atoms with van der Waals surface area (Å²) in [6, 6.07) is 4.98. The largest absolute Gasteiger partial charge is 0.480 e. The average Bonchev–Trinajstić information content (AvgIpc) is 3.27. The van der Waals surface area contributed by atoms with Crippen molar-refractivity contribution in [2.24, 2.45) is 11.7 Å². The van der Waals surface area contributed by atoms with Gasteiger partial charge in [0.2, 0.25) is 17.7 Å². The van der Waals surface area contributed by atoms with Crippen LogP contribution in [0.5, 0.6) is 0 Å². The quantitative estimate of drug-likeness (QED) is 0.301. The van der Waals surface area contributed by atoms with Gasteiger partial charge in [-0.15, -0.1) is 0 Å². The molecule has 1 aliphatic rings. The molecule has 10 nitrogen and oxygen atoms in total. The smallest absolute Gasteiger partial charge is 0.326 e. The van der Waals surface area contributed by atoms with E-state index in [4.69, 9.17) is 5.73 Å². The highest BCUT2D eigenvalue weighted by atomic mass is 16.4. The molecule has 0 saturated carbocycles. The van der Waals surface area contributed by atoms with Crippen molar-refractivity contribution in [1.29, 1.82) is 0 Å². The fraction of sp³-hybridized carbons (Fsp3) is 0.583. The van der Waals surface area contributed by atoms with Crippen LogP contribution < -0.4 is 16.4 Å². The first-order valence-corrected chi connectivity index (χ1v) is 11.6. The molecule has 1 aliphatic heterocycles. The van der Waals surface area contributed by atoms with Crippen LogP contribution in [-0.4, -0.2) is 75.6 Å². The number of aliphatic hydroxyl groups excluding tert-OH is 1. The molecule has 0 aromatic heterocycles. The predicted molar refractivity (Wildman–Crippen MR) is 125 cm³/mol. The fourth-order valence-corrected chi connectivity index (χ4v) is 4.00. The highest BCUT2D eigenvalue weighted by Gasteiger charge is 2.38. The van der Waals surface area contributed by atoms with Crippen molar-refractivity contribution in [3.8, 4) is 0 Å². The van der Waals surface area contributed by atoms with Crippen LogP contribution >= 0.6 is 0 Å². The van der Waals surface area contributed by atoms with E-state index in [1.165, 1.54) is 11.8 Å². The minimum Gasteiger partial charge on any atom is -0.480 e. The molecule has 0 aliphatic carbocycles. The molecule has 1 fully saturated rings. The van der Waals surface area contributed by atoms with Crippen LogP contribution in [0, 0.1) is 5.92 Å². The Kier molecular flexibility index (Phi) is 10.0. The van der Waals surface area contributed by atoms with Crippen LogP contribution in [-0.2, 0) is 25.6 Å². The van der Waals surface area contributed by atoms with Gasteiger partial charge >= 0.3 is 5.97 Å². The monoisotopic (exact) mass is 476 g/mol. The highest BCUT2D eigenvalue weighted by molar-refractivity contribution is 5.94. The Morgan fingerprint density at radius 3 is 2.24 bits per heavy atom. The molecule has 1 aromatic rings. The third-order valence-electron chi connectivity index (χ3n) is 5.88. The number of amides is 3. The Labute approximate surface area is 199 Å². The number of likely N-dealkylation sites (tertiary alicyclic amines) is 1. The molecule has 0 radical (unpaired) electrons. The van der Waals surface area contributed by atoms with Crippen LogP contribution in [0.15, 0.2) is 30.3 Å². The molecule has 3 amide bonds. The van der Waals surface area contributed by atoms with Crippen LogP contribution in [0.1, 0.15) is 45.6 Å². The van der Waals surface area contributed by atoms with Gasteiger partial charge in [-0.2, -0.15) is 0 Å². The Hall–Kier alpha value is -2.98. The van der Waals surface area contributed by atoms with E-state index in [2.05, 4.69) is 10.6 Å². The van der Waals surface area contributed by atoms with Crippen molar-refractivity contribution in [3.05, 3.63) is 35.9 Å². The zero-order valence-electron chi connectivity index (χ0n) is 19.9. The van der Waals surface area contributed by atoms with Gasteiger partial charge in [-0.25, -0.2) is 4.79 Å². The van der Waals surface area contributed by atoms with Crippen molar-refractivity contribution >= 4 is 23.7 Å². The highest BCUT2D eigenvalue weighted by Crippen LogP contribution is 2.20. The van der Waals surface area contributed by atoms with Gasteiger partial charge in [0.15, 0.2) is 0 Å². The summed E-state index contributed by atoms with van der Waals surface area (Å²) in [5.41, 5.74) is 6.51. The summed E-state index contributed by atoms with van der Waals surface area (Å²) in [5.74, 6) is -2.76. The molecule has 6 N–H and O–H groups in total. The molecule has 10 heteroatoms. The summed E-state index contributed by atoms with van der Waals surface area (Å²) in [4.78, 5) is 51.9. The van der Waals surface area contributed by atoms with Crippen LogP contribution in [0.25, 0.3) is 0 Å². The number of rotatable bonds is 11. The van der Waals surface area contributed by atoms with Crippen molar-refractivity contribution in [2.45, 2.75) is 76.7 Å². The number of carbonyl (C=O) groups is 4. The first-order chi connectivity index (χ1) is 16.0. The predicted octanol–water partition coefficient (Wildman–Crippen LogP) is 0.0285. The topological polar surface area (TPSA) is 162 Å². The number of aliphatic hydroxyl groups is 1. The number of hydrogen-bond acceptors (Lipinski definition) is 6. The lowest BCUT2D eigenvalue weighted by Gasteiger charge is -2.29. The molecular weight excluding hydrogens is 440 g/mol. The SMILES string of the molecule is CC(C)CC(NC(=O)C(N)C(C)O)C(=O)NC(Cc1ccccc1)C(=O)N1CCCC1C(=O)O. The summed E-state index contributed by atoms with van der Waals surface area (Å²) in [6.45, 7) is 5.45. The molecule has 0 spiro atoms. The number of aliphatic carboxylic acids is 1. The lowest BCUT2D eigenvalue weighted by molar-refractivity contribution is -0.149. The second-order valence-electron chi connectivity index (χ2n) is 9.24. The van der Waals surface area contributed by atoms with Gasteiger partial charge in [0.1, 0.15) is 24.2 Å². The summed E-state index contributed by atoms with van der Waals surface area (Å²) in [7, 11) is 0. The average molecular weight is 477 g/mol. The van der Waals surface area contributed by atoms with Crippen LogP contribution in [0.4, 0.5) is 0 Å². The molecule has 5 atom stereocenters. The summed E-state index contributed by atoms with van der Waals surface area (Å²) in [6.07, 6.45) is 0.286. The molecule has 1 heterocycles. The van der Waals surface area contributed by atoms with Gasteiger partial charge < -0.3 is 31.5 Å². The number of carboxylic acids is 1.